The van der Waals surface area contributed by atoms with E-state index in [0.29, 0.717) is 12.2 Å². The molecule has 2 aromatic carbocycles. The van der Waals surface area contributed by atoms with Crippen molar-refractivity contribution in [1.82, 2.24) is 5.16 Å². The number of ether oxygens (including phenoxy) is 1. The summed E-state index contributed by atoms with van der Waals surface area (Å²) in [6.45, 7) is 2.06. The third kappa shape index (κ3) is 3.92. The van der Waals surface area contributed by atoms with Gasteiger partial charge in [-0.25, -0.2) is 0 Å². The monoisotopic (exact) mass is 360 g/mol. The quantitative estimate of drug-likeness (QED) is 0.652. The van der Waals surface area contributed by atoms with Gasteiger partial charge in [-0.1, -0.05) is 40.1 Å². The molecule has 0 saturated heterocycles. The molecule has 3 aromatic rings. The lowest BCUT2D eigenvalue weighted by atomic mass is 10.0. The van der Waals surface area contributed by atoms with Crippen LogP contribution in [0.2, 0.25) is 0 Å². The zero-order valence-electron chi connectivity index (χ0n) is 15.3. The van der Waals surface area contributed by atoms with Gasteiger partial charge in [0.25, 0.3) is 0 Å². The zero-order chi connectivity index (χ0) is 18.6. The largest absolute Gasteiger partial charge is 0.497 e. The van der Waals surface area contributed by atoms with Crippen LogP contribution >= 0.6 is 0 Å². The van der Waals surface area contributed by atoms with E-state index in [1.54, 1.807) is 7.11 Å². The number of oxime groups is 1. The first-order valence-electron chi connectivity index (χ1n) is 8.80. The van der Waals surface area contributed by atoms with Crippen molar-refractivity contribution in [3.8, 4) is 17.0 Å². The highest BCUT2D eigenvalue weighted by molar-refractivity contribution is 6.01. The Morgan fingerprint density at radius 3 is 2.52 bits per heavy atom. The number of hydrogen-bond acceptors (Lipinski definition) is 5. The van der Waals surface area contributed by atoms with Crippen LogP contribution in [0, 0.1) is 6.92 Å². The number of nitrogens with zero attached hydrogens (tertiary/aromatic N) is 2. The number of aryl methyl sites for hydroxylation is 1. The molecule has 0 spiro atoms. The molecule has 1 aliphatic heterocycles. The third-order valence-corrected chi connectivity index (χ3v) is 4.47. The van der Waals surface area contributed by atoms with Crippen LogP contribution in [0.25, 0.3) is 17.3 Å². The van der Waals surface area contributed by atoms with Gasteiger partial charge in [0.2, 0.25) is 0 Å². The molecule has 0 aliphatic carbocycles. The van der Waals surface area contributed by atoms with E-state index in [4.69, 9.17) is 14.1 Å². The van der Waals surface area contributed by atoms with Crippen LogP contribution in [-0.4, -0.2) is 24.1 Å². The Hall–Kier alpha value is -3.34. The Balaban J connectivity index is 1.39. The molecule has 0 fully saturated rings. The van der Waals surface area contributed by atoms with Gasteiger partial charge in [-0.2, -0.15) is 0 Å². The Kier molecular flexibility index (Phi) is 4.75. The molecule has 0 unspecified atom stereocenters. The molecule has 1 atom stereocenters. The van der Waals surface area contributed by atoms with Gasteiger partial charge in [0.05, 0.1) is 12.8 Å². The number of methoxy groups -OCH3 is 1. The van der Waals surface area contributed by atoms with Crippen molar-refractivity contribution in [1.29, 1.82) is 0 Å². The molecule has 5 nitrogen and oxygen atoms in total. The van der Waals surface area contributed by atoms with Gasteiger partial charge >= 0.3 is 0 Å². The molecule has 4 rings (SSSR count). The number of aromatic nitrogens is 1. The van der Waals surface area contributed by atoms with E-state index >= 15 is 0 Å². The minimum atomic E-state index is -0.116. The van der Waals surface area contributed by atoms with Gasteiger partial charge in [-0.15, -0.1) is 0 Å². The van der Waals surface area contributed by atoms with Crippen molar-refractivity contribution in [3.05, 3.63) is 77.6 Å². The number of rotatable bonds is 5. The summed E-state index contributed by atoms with van der Waals surface area (Å²) in [5.41, 5.74) is 5.02. The summed E-state index contributed by atoms with van der Waals surface area (Å²) >= 11 is 0. The minimum absolute atomic E-state index is 0.116. The van der Waals surface area contributed by atoms with Crippen molar-refractivity contribution < 1.29 is 14.1 Å². The Labute approximate surface area is 157 Å². The molecule has 0 saturated carbocycles. The Morgan fingerprint density at radius 1 is 1.04 bits per heavy atom. The normalized spacial score (nSPS) is 16.4. The second-order valence-corrected chi connectivity index (χ2v) is 6.45. The van der Waals surface area contributed by atoms with E-state index in [9.17, 15) is 0 Å². The Morgan fingerprint density at radius 2 is 1.78 bits per heavy atom. The van der Waals surface area contributed by atoms with Crippen molar-refractivity contribution in [2.75, 3.05) is 7.11 Å². The summed E-state index contributed by atoms with van der Waals surface area (Å²) in [5.74, 6) is 1.51. The average molecular weight is 360 g/mol. The summed E-state index contributed by atoms with van der Waals surface area (Å²) in [5, 5.41) is 8.33. The van der Waals surface area contributed by atoms with Crippen molar-refractivity contribution in [3.63, 3.8) is 0 Å². The standard InChI is InChI=1S/C22H20N2O3/c1-15-3-5-16(6-4-15)21-13-19(26-23-21)11-12-20-14-22(24-27-20)17-7-9-18(25-2)10-8-17/h3-13,20H,14H2,1-2H3/b12-11+/t20-/m0/s1. The van der Waals surface area contributed by atoms with E-state index in [1.165, 1.54) is 5.56 Å². The predicted molar refractivity (Wildman–Crippen MR) is 105 cm³/mol. The maximum Gasteiger partial charge on any atom is 0.160 e. The molecule has 27 heavy (non-hydrogen) atoms. The van der Waals surface area contributed by atoms with Crippen LogP contribution < -0.4 is 4.74 Å². The lowest BCUT2D eigenvalue weighted by molar-refractivity contribution is 0.120. The highest BCUT2D eigenvalue weighted by Gasteiger charge is 2.20. The Bertz CT molecular complexity index is 970. The van der Waals surface area contributed by atoms with Gasteiger partial charge in [-0.05, 0) is 48.9 Å². The molecule has 136 valence electrons. The minimum Gasteiger partial charge on any atom is -0.497 e. The zero-order valence-corrected chi connectivity index (χ0v) is 15.3. The molecule has 1 aromatic heterocycles. The fraction of sp³-hybridized carbons (Fsp3) is 0.182. The molecule has 2 heterocycles. The van der Waals surface area contributed by atoms with E-state index in [0.717, 1.165) is 28.3 Å². The van der Waals surface area contributed by atoms with Crippen LogP contribution in [0.3, 0.4) is 0 Å². The highest BCUT2D eigenvalue weighted by atomic mass is 16.6. The lowest BCUT2D eigenvalue weighted by Crippen LogP contribution is -2.04. The highest BCUT2D eigenvalue weighted by Crippen LogP contribution is 2.23. The van der Waals surface area contributed by atoms with Crippen molar-refractivity contribution in [2.24, 2.45) is 5.16 Å². The van der Waals surface area contributed by atoms with E-state index in [1.807, 2.05) is 54.6 Å². The molecule has 1 aliphatic rings. The van der Waals surface area contributed by atoms with E-state index in [2.05, 4.69) is 29.4 Å². The van der Waals surface area contributed by atoms with E-state index < -0.39 is 0 Å². The summed E-state index contributed by atoms with van der Waals surface area (Å²) in [6, 6.07) is 17.9. The average Bonchev–Trinajstić information content (AvgIpc) is 3.37. The molecular weight excluding hydrogens is 340 g/mol. The third-order valence-electron chi connectivity index (χ3n) is 4.47. The predicted octanol–water partition coefficient (Wildman–Crippen LogP) is 4.87. The maximum atomic E-state index is 5.51. The van der Waals surface area contributed by atoms with Gasteiger partial charge in [0.15, 0.2) is 11.9 Å². The van der Waals surface area contributed by atoms with Crippen LogP contribution in [0.5, 0.6) is 5.75 Å². The van der Waals surface area contributed by atoms with Gasteiger partial charge in [-0.3, -0.25) is 0 Å². The summed E-state index contributed by atoms with van der Waals surface area (Å²) in [4.78, 5) is 5.51. The van der Waals surface area contributed by atoms with Gasteiger partial charge in [0.1, 0.15) is 11.4 Å². The number of benzene rings is 2. The molecule has 0 N–H and O–H groups in total. The summed E-state index contributed by atoms with van der Waals surface area (Å²) in [6.07, 6.45) is 4.42. The first-order chi connectivity index (χ1) is 13.2. The topological polar surface area (TPSA) is 56.9 Å². The van der Waals surface area contributed by atoms with Crippen LogP contribution in [-0.2, 0) is 4.84 Å². The first kappa shape index (κ1) is 17.1. The summed E-state index contributed by atoms with van der Waals surface area (Å²) in [7, 11) is 1.65. The first-order valence-corrected chi connectivity index (χ1v) is 8.80. The molecule has 0 radical (unpaired) electrons. The van der Waals surface area contributed by atoms with E-state index in [-0.39, 0.29) is 6.10 Å². The fourth-order valence-corrected chi connectivity index (χ4v) is 2.88. The molecule has 0 bridgehead atoms. The maximum absolute atomic E-state index is 5.51. The van der Waals surface area contributed by atoms with Gasteiger partial charge < -0.3 is 14.1 Å². The fourth-order valence-electron chi connectivity index (χ4n) is 2.88. The van der Waals surface area contributed by atoms with Gasteiger partial charge in [0, 0.05) is 18.1 Å². The van der Waals surface area contributed by atoms with Crippen LogP contribution in [0.15, 0.2) is 70.4 Å². The summed E-state index contributed by atoms with van der Waals surface area (Å²) < 4.78 is 10.6. The second-order valence-electron chi connectivity index (χ2n) is 6.45. The second kappa shape index (κ2) is 7.50. The molecule has 5 heteroatoms. The van der Waals surface area contributed by atoms with Crippen LogP contribution in [0.4, 0.5) is 0 Å². The lowest BCUT2D eigenvalue weighted by Gasteiger charge is -2.02. The molecule has 0 amide bonds. The smallest absolute Gasteiger partial charge is 0.160 e. The van der Waals surface area contributed by atoms with Crippen molar-refractivity contribution >= 4 is 11.8 Å². The SMILES string of the molecule is COc1ccc(C2=NO[C@@H](/C=C/c3cc(-c4ccc(C)cc4)no3)C2)cc1. The number of hydrogen-bond donors (Lipinski definition) is 0. The molecular formula is C22H20N2O3. The van der Waals surface area contributed by atoms with Crippen LogP contribution in [0.1, 0.15) is 23.3 Å². The van der Waals surface area contributed by atoms with Crippen molar-refractivity contribution in [2.45, 2.75) is 19.4 Å².